The Bertz CT molecular complexity index is 1120. The van der Waals surface area contributed by atoms with Gasteiger partial charge in [0.1, 0.15) is 17.7 Å². The lowest BCUT2D eigenvalue weighted by atomic mass is 10.1. The third-order valence-electron chi connectivity index (χ3n) is 4.67. The molecule has 2 aromatic carbocycles. The summed E-state index contributed by atoms with van der Waals surface area (Å²) in [4.78, 5) is 47.0. The molecular weight excluding hydrogens is 421 g/mol. The summed E-state index contributed by atoms with van der Waals surface area (Å²) in [6.45, 7) is 0.213. The molecule has 3 amide bonds. The van der Waals surface area contributed by atoms with Crippen molar-refractivity contribution >= 4 is 46.2 Å². The summed E-state index contributed by atoms with van der Waals surface area (Å²) >= 11 is 1.05. The highest BCUT2D eigenvalue weighted by atomic mass is 32.2. The lowest BCUT2D eigenvalue weighted by Crippen LogP contribution is -2.42. The Hall–Kier alpha value is -3.53. The summed E-state index contributed by atoms with van der Waals surface area (Å²) in [5.74, 6) is -1.28. The van der Waals surface area contributed by atoms with Gasteiger partial charge in [-0.3, -0.25) is 19.4 Å². The summed E-state index contributed by atoms with van der Waals surface area (Å²) < 4.78 is 13.0. The fraction of sp³-hybridized carbons (Fsp3) is 0.190. The molecule has 0 saturated carbocycles. The van der Waals surface area contributed by atoms with Gasteiger partial charge in [0.2, 0.25) is 11.8 Å². The van der Waals surface area contributed by atoms with Crippen LogP contribution in [-0.4, -0.2) is 45.4 Å². The number of thioether (sulfide) groups is 1. The first-order valence-electron chi connectivity index (χ1n) is 9.44. The highest BCUT2D eigenvalue weighted by Gasteiger charge is 2.42. The predicted octanol–water partition coefficient (Wildman–Crippen LogP) is 1.71. The second-order valence-electron chi connectivity index (χ2n) is 6.92. The van der Waals surface area contributed by atoms with Crippen molar-refractivity contribution in [3.63, 3.8) is 0 Å². The molecule has 3 N–H and O–H groups in total. The zero-order valence-corrected chi connectivity index (χ0v) is 17.1. The number of nitrogens with one attached hydrogen (secondary N) is 1. The summed E-state index contributed by atoms with van der Waals surface area (Å²) in [6.07, 6.45) is -0.143. The van der Waals surface area contributed by atoms with Gasteiger partial charge in [-0.15, -0.1) is 0 Å². The van der Waals surface area contributed by atoms with E-state index in [0.29, 0.717) is 22.3 Å². The van der Waals surface area contributed by atoms with E-state index in [-0.39, 0.29) is 30.4 Å². The Kier molecular flexibility index (Phi) is 5.81. The van der Waals surface area contributed by atoms with Crippen molar-refractivity contribution in [3.8, 4) is 0 Å². The SMILES string of the molecule is NC(=O)CSC1=Nc2ccccc2C2=N[C@@H](CC(=O)NCc3ccc(F)cc3)C(=O)N12. The molecule has 8 nitrogen and oxygen atoms in total. The van der Waals surface area contributed by atoms with E-state index in [9.17, 15) is 18.8 Å². The van der Waals surface area contributed by atoms with E-state index >= 15 is 0 Å². The average Bonchev–Trinajstić information content (AvgIpc) is 3.08. The number of hydrogen-bond donors (Lipinski definition) is 2. The molecule has 158 valence electrons. The minimum atomic E-state index is -0.909. The van der Waals surface area contributed by atoms with Crippen LogP contribution >= 0.6 is 11.8 Å². The first-order chi connectivity index (χ1) is 14.9. The topological polar surface area (TPSA) is 117 Å². The van der Waals surface area contributed by atoms with Crippen molar-refractivity contribution in [2.75, 3.05) is 5.75 Å². The average molecular weight is 439 g/mol. The number of hydrogen-bond acceptors (Lipinski definition) is 6. The van der Waals surface area contributed by atoms with E-state index < -0.39 is 17.9 Å². The number of para-hydroxylation sites is 1. The van der Waals surface area contributed by atoms with Crippen molar-refractivity contribution in [3.05, 3.63) is 65.5 Å². The van der Waals surface area contributed by atoms with Crippen molar-refractivity contribution in [2.24, 2.45) is 15.7 Å². The third-order valence-corrected chi connectivity index (χ3v) is 5.63. The molecule has 2 aliphatic heterocycles. The normalized spacial score (nSPS) is 16.9. The molecule has 31 heavy (non-hydrogen) atoms. The van der Waals surface area contributed by atoms with Crippen LogP contribution in [0.15, 0.2) is 58.5 Å². The molecule has 0 fully saturated rings. The number of aliphatic imine (C=N–C) groups is 2. The number of rotatable bonds is 6. The van der Waals surface area contributed by atoms with Crippen LogP contribution in [0.4, 0.5) is 10.1 Å². The molecule has 0 aliphatic carbocycles. The summed E-state index contributed by atoms with van der Waals surface area (Å²) in [5, 5.41) is 3.02. The molecule has 0 spiro atoms. The fourth-order valence-corrected chi connectivity index (χ4v) is 3.96. The third kappa shape index (κ3) is 4.48. The molecule has 0 unspecified atom stereocenters. The molecule has 2 heterocycles. The van der Waals surface area contributed by atoms with Crippen LogP contribution in [0, 0.1) is 5.82 Å². The fourth-order valence-electron chi connectivity index (χ4n) is 3.22. The first kappa shape index (κ1) is 20.7. The molecule has 0 radical (unpaired) electrons. The highest BCUT2D eigenvalue weighted by molar-refractivity contribution is 8.14. The number of benzene rings is 2. The number of halogens is 1. The number of amidine groups is 2. The minimum Gasteiger partial charge on any atom is -0.369 e. The maximum Gasteiger partial charge on any atom is 0.259 e. The van der Waals surface area contributed by atoms with E-state index in [2.05, 4.69) is 15.3 Å². The predicted molar refractivity (Wildman–Crippen MR) is 115 cm³/mol. The lowest BCUT2D eigenvalue weighted by molar-refractivity contribution is -0.128. The maximum absolute atomic E-state index is 13.0. The van der Waals surface area contributed by atoms with E-state index in [1.807, 2.05) is 12.1 Å². The Labute approximate surface area is 181 Å². The molecule has 0 aromatic heterocycles. The van der Waals surface area contributed by atoms with Gasteiger partial charge in [-0.05, 0) is 29.8 Å². The smallest absolute Gasteiger partial charge is 0.259 e. The van der Waals surface area contributed by atoms with Gasteiger partial charge in [-0.2, -0.15) is 0 Å². The number of fused-ring (bicyclic) bond motifs is 3. The number of carbonyl (C=O) groups excluding carboxylic acids is 3. The summed E-state index contributed by atoms with van der Waals surface area (Å²) in [5.41, 5.74) is 7.27. The number of carbonyl (C=O) groups is 3. The van der Waals surface area contributed by atoms with Crippen LogP contribution in [0.5, 0.6) is 0 Å². The van der Waals surface area contributed by atoms with Crippen LogP contribution in [-0.2, 0) is 20.9 Å². The first-order valence-corrected chi connectivity index (χ1v) is 10.4. The van der Waals surface area contributed by atoms with Gasteiger partial charge in [0.15, 0.2) is 5.17 Å². The molecule has 4 rings (SSSR count). The number of nitrogens with zero attached hydrogens (tertiary/aromatic N) is 3. The zero-order valence-electron chi connectivity index (χ0n) is 16.2. The molecular formula is C21H18FN5O3S. The Morgan fingerprint density at radius 3 is 2.65 bits per heavy atom. The van der Waals surface area contributed by atoms with Crippen LogP contribution in [0.1, 0.15) is 17.5 Å². The van der Waals surface area contributed by atoms with Gasteiger partial charge in [0, 0.05) is 12.1 Å². The van der Waals surface area contributed by atoms with Gasteiger partial charge in [0.25, 0.3) is 5.91 Å². The molecule has 10 heteroatoms. The van der Waals surface area contributed by atoms with E-state index in [1.165, 1.54) is 17.0 Å². The van der Waals surface area contributed by atoms with Crippen LogP contribution in [0.3, 0.4) is 0 Å². The van der Waals surface area contributed by atoms with E-state index in [4.69, 9.17) is 5.73 Å². The second-order valence-corrected chi connectivity index (χ2v) is 7.86. The Morgan fingerprint density at radius 1 is 1.16 bits per heavy atom. The standard InChI is InChI=1S/C21H18FN5O3S/c22-13-7-5-12(6-8-13)10-24-18(29)9-16-20(30)27-19(25-16)14-3-1-2-4-15(14)26-21(27)31-11-17(23)28/h1-8,16H,9-11H2,(H2,23,28)(H,24,29)/t16-/m0/s1. The quantitative estimate of drug-likeness (QED) is 0.712. The lowest BCUT2D eigenvalue weighted by Gasteiger charge is -2.25. The van der Waals surface area contributed by atoms with Crippen molar-refractivity contribution in [2.45, 2.75) is 19.0 Å². The highest BCUT2D eigenvalue weighted by Crippen LogP contribution is 2.33. The van der Waals surface area contributed by atoms with Crippen molar-refractivity contribution < 1.29 is 18.8 Å². The maximum atomic E-state index is 13.0. The number of amides is 3. The van der Waals surface area contributed by atoms with E-state index in [0.717, 1.165) is 17.3 Å². The molecule has 0 saturated heterocycles. The van der Waals surface area contributed by atoms with Crippen LogP contribution in [0.25, 0.3) is 0 Å². The summed E-state index contributed by atoms with van der Waals surface area (Å²) in [6, 6.07) is 12.1. The van der Waals surface area contributed by atoms with Crippen molar-refractivity contribution in [1.29, 1.82) is 0 Å². The van der Waals surface area contributed by atoms with Gasteiger partial charge < -0.3 is 11.1 Å². The van der Waals surface area contributed by atoms with Crippen molar-refractivity contribution in [1.82, 2.24) is 10.2 Å². The van der Waals surface area contributed by atoms with Gasteiger partial charge in [-0.25, -0.2) is 14.3 Å². The number of nitrogens with two attached hydrogens (primary N) is 1. The minimum absolute atomic E-state index is 0.0408. The molecule has 2 aliphatic rings. The van der Waals surface area contributed by atoms with E-state index in [1.54, 1.807) is 24.3 Å². The summed E-state index contributed by atoms with van der Waals surface area (Å²) in [7, 11) is 0. The van der Waals surface area contributed by atoms with Crippen LogP contribution < -0.4 is 11.1 Å². The molecule has 2 aromatic rings. The van der Waals surface area contributed by atoms with Gasteiger partial charge in [0.05, 0.1) is 17.9 Å². The Balaban J connectivity index is 1.50. The Morgan fingerprint density at radius 2 is 1.90 bits per heavy atom. The van der Waals surface area contributed by atoms with Gasteiger partial charge in [-0.1, -0.05) is 36.0 Å². The monoisotopic (exact) mass is 439 g/mol. The molecule has 1 atom stereocenters. The zero-order chi connectivity index (χ0) is 22.0. The number of primary amides is 1. The molecule has 0 bridgehead atoms. The largest absolute Gasteiger partial charge is 0.369 e. The van der Waals surface area contributed by atoms with Gasteiger partial charge >= 0.3 is 0 Å². The van der Waals surface area contributed by atoms with Crippen LogP contribution in [0.2, 0.25) is 0 Å². The second kappa shape index (κ2) is 8.68.